The minimum Gasteiger partial charge on any atom is -0.392 e. The summed E-state index contributed by atoms with van der Waals surface area (Å²) in [5, 5.41) is 10.1. The van der Waals surface area contributed by atoms with Gasteiger partial charge in [-0.1, -0.05) is 57.8 Å². The first-order valence-electron chi connectivity index (χ1n) is 16.7. The first-order valence-corrected chi connectivity index (χ1v) is 19.9. The molecule has 2 aliphatic carbocycles. The number of halogens is 2. The zero-order chi connectivity index (χ0) is 35.6. The molecule has 264 valence electrons. The van der Waals surface area contributed by atoms with E-state index in [4.69, 9.17) is 32.9 Å². The lowest BCUT2D eigenvalue weighted by atomic mass is 10.1. The fraction of sp³-hybridized carbons (Fsp3) is 0.368. The number of aromatic nitrogens is 2. The number of oxime groups is 2. The summed E-state index contributed by atoms with van der Waals surface area (Å²) in [5.74, 6) is 0. The predicted molar refractivity (Wildman–Crippen MR) is 208 cm³/mol. The Balaban J connectivity index is 0.000000194. The van der Waals surface area contributed by atoms with Crippen LogP contribution in [0.2, 0.25) is 10.0 Å². The van der Waals surface area contributed by atoms with Crippen LogP contribution in [-0.4, -0.2) is 46.1 Å². The van der Waals surface area contributed by atoms with Crippen LogP contribution in [0.25, 0.3) is 0 Å². The Kier molecular flexibility index (Phi) is 13.7. The SMILES string of the molecule is CSc1ccc(/C(=N/OC2CCCC2)c2ccc(C)c(=O)[nH]2)cc1Cl.CSc1ccc(/C(=N\OC2CCCC2)c2ccc(C)c(=O)[nH]2)cc1Cl. The van der Waals surface area contributed by atoms with Crippen LogP contribution in [0.15, 0.2) is 90.4 Å². The van der Waals surface area contributed by atoms with E-state index in [1.165, 1.54) is 25.7 Å². The summed E-state index contributed by atoms with van der Waals surface area (Å²) in [6, 6.07) is 18.8. The van der Waals surface area contributed by atoms with Gasteiger partial charge in [0, 0.05) is 32.0 Å². The molecule has 2 saturated carbocycles. The number of rotatable bonds is 10. The highest BCUT2D eigenvalue weighted by Gasteiger charge is 2.20. The van der Waals surface area contributed by atoms with Crippen molar-refractivity contribution in [1.82, 2.24) is 9.97 Å². The second-order valence-corrected chi connectivity index (χ2v) is 14.9. The van der Waals surface area contributed by atoms with E-state index in [9.17, 15) is 9.59 Å². The van der Waals surface area contributed by atoms with Crippen LogP contribution in [0.1, 0.15) is 85.0 Å². The Morgan fingerprint density at radius 2 is 1.02 bits per heavy atom. The van der Waals surface area contributed by atoms with E-state index in [0.717, 1.165) is 46.6 Å². The van der Waals surface area contributed by atoms with Gasteiger partial charge in [-0.15, -0.1) is 23.5 Å². The molecule has 0 spiro atoms. The molecule has 50 heavy (non-hydrogen) atoms. The van der Waals surface area contributed by atoms with E-state index in [0.29, 0.717) is 44.0 Å². The van der Waals surface area contributed by atoms with Crippen molar-refractivity contribution in [3.8, 4) is 0 Å². The van der Waals surface area contributed by atoms with Crippen molar-refractivity contribution >= 4 is 58.1 Å². The van der Waals surface area contributed by atoms with Crippen molar-refractivity contribution in [2.45, 2.75) is 87.2 Å². The molecule has 0 aliphatic heterocycles. The molecule has 8 nitrogen and oxygen atoms in total. The third kappa shape index (κ3) is 9.87. The van der Waals surface area contributed by atoms with Gasteiger partial charge in [0.05, 0.1) is 21.4 Å². The standard InChI is InChI=1S/2C19H21ClN2O2S/c2*1-12-7-9-16(21-19(12)23)18(22-24-14-5-3-4-6-14)13-8-10-17(25-2)15(20)11-13/h2*7-11,14H,3-6H2,1-2H3,(H,21,23)/b22-18+;22-18-. The van der Waals surface area contributed by atoms with Crippen molar-refractivity contribution in [3.05, 3.63) is 125 Å². The fourth-order valence-electron chi connectivity index (χ4n) is 5.75. The number of hydrogen-bond donors (Lipinski definition) is 2. The smallest absolute Gasteiger partial charge is 0.251 e. The van der Waals surface area contributed by atoms with Crippen LogP contribution >= 0.6 is 46.7 Å². The average Bonchev–Trinajstić information content (AvgIpc) is 3.84. The van der Waals surface area contributed by atoms with Gasteiger partial charge >= 0.3 is 0 Å². The van der Waals surface area contributed by atoms with Crippen molar-refractivity contribution in [1.29, 1.82) is 0 Å². The third-order valence-electron chi connectivity index (χ3n) is 8.76. The Morgan fingerprint density at radius 1 is 0.640 bits per heavy atom. The molecule has 4 aromatic rings. The molecule has 0 saturated heterocycles. The van der Waals surface area contributed by atoms with E-state index < -0.39 is 0 Å². The van der Waals surface area contributed by atoms with Gasteiger partial charge in [0.2, 0.25) is 0 Å². The number of thioether (sulfide) groups is 2. The van der Waals surface area contributed by atoms with Crippen molar-refractivity contribution in [3.63, 3.8) is 0 Å². The summed E-state index contributed by atoms with van der Waals surface area (Å²) in [6.07, 6.45) is 13.0. The Hall–Kier alpha value is -3.44. The van der Waals surface area contributed by atoms with Gasteiger partial charge in [-0.3, -0.25) is 9.59 Å². The maximum absolute atomic E-state index is 12.0. The van der Waals surface area contributed by atoms with Crippen LogP contribution in [0.3, 0.4) is 0 Å². The van der Waals surface area contributed by atoms with E-state index in [2.05, 4.69) is 20.3 Å². The van der Waals surface area contributed by atoms with Gasteiger partial charge in [-0.25, -0.2) is 0 Å². The normalized spacial score (nSPS) is 15.6. The lowest BCUT2D eigenvalue weighted by Crippen LogP contribution is -2.17. The quantitative estimate of drug-likeness (QED) is 0.0949. The minimum atomic E-state index is -0.127. The average molecular weight is 754 g/mol. The van der Waals surface area contributed by atoms with Crippen LogP contribution in [-0.2, 0) is 9.68 Å². The van der Waals surface area contributed by atoms with Crippen molar-refractivity contribution in [2.75, 3.05) is 12.5 Å². The molecular weight excluding hydrogens is 711 g/mol. The Labute approximate surface area is 311 Å². The summed E-state index contributed by atoms with van der Waals surface area (Å²) in [6.45, 7) is 3.55. The van der Waals surface area contributed by atoms with Crippen LogP contribution < -0.4 is 11.1 Å². The summed E-state index contributed by atoms with van der Waals surface area (Å²) in [7, 11) is 0. The molecule has 12 heteroatoms. The molecule has 2 aromatic carbocycles. The number of pyridine rings is 2. The van der Waals surface area contributed by atoms with Crippen LogP contribution in [0.4, 0.5) is 0 Å². The van der Waals surface area contributed by atoms with Gasteiger partial charge in [0.1, 0.15) is 23.6 Å². The largest absolute Gasteiger partial charge is 0.392 e. The second kappa shape index (κ2) is 18.2. The molecule has 2 aromatic heterocycles. The maximum Gasteiger partial charge on any atom is 0.251 e. The summed E-state index contributed by atoms with van der Waals surface area (Å²) < 4.78 is 0. The number of H-pyrrole nitrogens is 2. The summed E-state index contributed by atoms with van der Waals surface area (Å²) in [4.78, 5) is 43.3. The van der Waals surface area contributed by atoms with Gasteiger partial charge in [0.25, 0.3) is 11.1 Å². The molecule has 2 N–H and O–H groups in total. The van der Waals surface area contributed by atoms with Gasteiger partial charge in [0.15, 0.2) is 0 Å². The zero-order valence-electron chi connectivity index (χ0n) is 28.7. The lowest BCUT2D eigenvalue weighted by molar-refractivity contribution is 0.0646. The molecule has 0 unspecified atom stereocenters. The molecule has 2 aliphatic rings. The van der Waals surface area contributed by atoms with E-state index in [1.807, 2.05) is 61.0 Å². The molecule has 6 rings (SSSR count). The molecular formula is C38H42Cl2N4O4S2. The van der Waals surface area contributed by atoms with Crippen molar-refractivity contribution in [2.24, 2.45) is 10.3 Å². The Morgan fingerprint density at radius 3 is 1.34 bits per heavy atom. The van der Waals surface area contributed by atoms with Gasteiger partial charge < -0.3 is 19.6 Å². The minimum absolute atomic E-state index is 0.127. The van der Waals surface area contributed by atoms with Crippen LogP contribution in [0, 0.1) is 13.8 Å². The molecule has 2 fully saturated rings. The zero-order valence-corrected chi connectivity index (χ0v) is 31.8. The third-order valence-corrected chi connectivity index (χ3v) is 11.2. The topological polar surface area (TPSA) is 109 Å². The molecule has 2 heterocycles. The van der Waals surface area contributed by atoms with E-state index in [1.54, 1.807) is 49.5 Å². The summed E-state index contributed by atoms with van der Waals surface area (Å²) >= 11 is 15.9. The van der Waals surface area contributed by atoms with E-state index >= 15 is 0 Å². The first-order chi connectivity index (χ1) is 24.2. The monoisotopic (exact) mass is 752 g/mol. The highest BCUT2D eigenvalue weighted by Crippen LogP contribution is 2.29. The lowest BCUT2D eigenvalue weighted by Gasteiger charge is -2.12. The number of aryl methyl sites for hydroxylation is 2. The second-order valence-electron chi connectivity index (χ2n) is 12.4. The molecule has 0 atom stereocenters. The van der Waals surface area contributed by atoms with E-state index in [-0.39, 0.29) is 23.3 Å². The maximum atomic E-state index is 12.0. The number of aromatic amines is 2. The molecule has 0 bridgehead atoms. The molecule has 0 radical (unpaired) electrons. The van der Waals surface area contributed by atoms with Gasteiger partial charge in [-0.05, 0) is 114 Å². The summed E-state index contributed by atoms with van der Waals surface area (Å²) in [5.41, 5.74) is 5.16. The van der Waals surface area contributed by atoms with Crippen molar-refractivity contribution < 1.29 is 9.68 Å². The highest BCUT2D eigenvalue weighted by atomic mass is 35.5. The Bertz CT molecular complexity index is 1820. The number of nitrogens with zero attached hydrogens (tertiary/aromatic N) is 2. The number of benzene rings is 2. The first kappa shape index (κ1) is 37.8. The van der Waals surface area contributed by atoms with Crippen LogP contribution in [0.5, 0.6) is 0 Å². The molecule has 0 amide bonds. The highest BCUT2D eigenvalue weighted by molar-refractivity contribution is 7.99. The number of hydrogen-bond acceptors (Lipinski definition) is 8. The fourth-order valence-corrected chi connectivity index (χ4v) is 7.49. The van der Waals surface area contributed by atoms with Gasteiger partial charge in [-0.2, -0.15) is 0 Å². The number of nitrogens with one attached hydrogen (secondary N) is 2. The predicted octanol–water partition coefficient (Wildman–Crippen LogP) is 9.54.